The van der Waals surface area contributed by atoms with Gasteiger partial charge in [-0.1, -0.05) is 11.6 Å². The van der Waals surface area contributed by atoms with Crippen molar-refractivity contribution in [2.75, 3.05) is 24.9 Å². The van der Waals surface area contributed by atoms with E-state index in [9.17, 15) is 4.79 Å². The number of nitrogens with one attached hydrogen (secondary N) is 2. The predicted octanol–water partition coefficient (Wildman–Crippen LogP) is 4.31. The summed E-state index contributed by atoms with van der Waals surface area (Å²) in [6.45, 7) is 1.87. The summed E-state index contributed by atoms with van der Waals surface area (Å²) in [5.74, 6) is 1.17. The van der Waals surface area contributed by atoms with Crippen molar-refractivity contribution < 1.29 is 14.3 Å². The summed E-state index contributed by atoms with van der Waals surface area (Å²) in [5.41, 5.74) is 2.08. The number of halogens is 1. The van der Waals surface area contributed by atoms with Crippen LogP contribution in [0, 0.1) is 6.92 Å². The first-order valence-electron chi connectivity index (χ1n) is 6.59. The summed E-state index contributed by atoms with van der Waals surface area (Å²) in [6.07, 6.45) is 0. The number of hydrogen-bond donors (Lipinski definition) is 2. The zero-order valence-corrected chi connectivity index (χ0v) is 13.3. The standard InChI is InChI=1S/C16H17ClN2O3/c1-10-8-11(17)4-6-13(10)18-16(20)19-14-9-12(21-2)5-7-15(14)22-3/h4-9H,1-3H3,(H2,18,19,20). The summed E-state index contributed by atoms with van der Waals surface area (Å²) >= 11 is 5.90. The van der Waals surface area contributed by atoms with Gasteiger partial charge in [-0.2, -0.15) is 0 Å². The van der Waals surface area contributed by atoms with Gasteiger partial charge in [0, 0.05) is 16.8 Å². The lowest BCUT2D eigenvalue weighted by molar-refractivity contribution is 0.262. The lowest BCUT2D eigenvalue weighted by Gasteiger charge is -2.13. The molecule has 0 aliphatic carbocycles. The number of ether oxygens (including phenoxy) is 2. The third-order valence-electron chi connectivity index (χ3n) is 3.09. The van der Waals surface area contributed by atoms with Crippen LogP contribution in [-0.4, -0.2) is 20.3 Å². The van der Waals surface area contributed by atoms with Crippen LogP contribution in [0.2, 0.25) is 5.02 Å². The fourth-order valence-electron chi connectivity index (χ4n) is 1.95. The van der Waals surface area contributed by atoms with Gasteiger partial charge in [0.1, 0.15) is 11.5 Å². The highest BCUT2D eigenvalue weighted by Gasteiger charge is 2.10. The summed E-state index contributed by atoms with van der Waals surface area (Å²) in [6, 6.07) is 10.0. The van der Waals surface area contributed by atoms with E-state index >= 15 is 0 Å². The van der Waals surface area contributed by atoms with E-state index in [-0.39, 0.29) is 6.03 Å². The maximum absolute atomic E-state index is 12.1. The van der Waals surface area contributed by atoms with Crippen LogP contribution in [0.4, 0.5) is 16.2 Å². The van der Waals surface area contributed by atoms with E-state index in [0.29, 0.717) is 27.9 Å². The van der Waals surface area contributed by atoms with Crippen LogP contribution in [-0.2, 0) is 0 Å². The molecular weight excluding hydrogens is 304 g/mol. The molecule has 0 heterocycles. The molecule has 0 saturated carbocycles. The normalized spacial score (nSPS) is 10.0. The molecule has 6 heteroatoms. The topological polar surface area (TPSA) is 59.6 Å². The van der Waals surface area contributed by atoms with Crippen LogP contribution in [0.3, 0.4) is 0 Å². The molecule has 2 amide bonds. The maximum Gasteiger partial charge on any atom is 0.323 e. The van der Waals surface area contributed by atoms with Gasteiger partial charge < -0.3 is 20.1 Å². The van der Waals surface area contributed by atoms with Gasteiger partial charge in [0.15, 0.2) is 0 Å². The van der Waals surface area contributed by atoms with Gasteiger partial charge in [0.05, 0.1) is 19.9 Å². The van der Waals surface area contributed by atoms with Crippen LogP contribution in [0.5, 0.6) is 11.5 Å². The Kier molecular flexibility index (Phi) is 5.12. The van der Waals surface area contributed by atoms with Crippen molar-refractivity contribution in [3.05, 3.63) is 47.0 Å². The Morgan fingerprint density at radius 3 is 2.36 bits per heavy atom. The molecule has 2 N–H and O–H groups in total. The molecule has 0 aliphatic heterocycles. The van der Waals surface area contributed by atoms with Gasteiger partial charge in [0.25, 0.3) is 0 Å². The second-order valence-electron chi connectivity index (χ2n) is 4.60. The van der Waals surface area contributed by atoms with E-state index in [4.69, 9.17) is 21.1 Å². The summed E-state index contributed by atoms with van der Waals surface area (Å²) in [7, 11) is 3.09. The molecule has 116 valence electrons. The number of carbonyl (C=O) groups is 1. The van der Waals surface area contributed by atoms with Crippen LogP contribution in [0.1, 0.15) is 5.56 Å². The van der Waals surface area contributed by atoms with E-state index in [0.717, 1.165) is 5.56 Å². The molecule has 2 aromatic carbocycles. The molecule has 0 aliphatic rings. The van der Waals surface area contributed by atoms with E-state index < -0.39 is 0 Å². The highest BCUT2D eigenvalue weighted by atomic mass is 35.5. The molecule has 0 bridgehead atoms. The first-order valence-corrected chi connectivity index (χ1v) is 6.97. The van der Waals surface area contributed by atoms with Gasteiger partial charge in [-0.15, -0.1) is 0 Å². The summed E-state index contributed by atoms with van der Waals surface area (Å²) in [4.78, 5) is 12.1. The number of urea groups is 1. The Hall–Kier alpha value is -2.40. The van der Waals surface area contributed by atoms with Crippen molar-refractivity contribution in [2.45, 2.75) is 6.92 Å². The summed E-state index contributed by atoms with van der Waals surface area (Å²) in [5, 5.41) is 6.13. The minimum atomic E-state index is -0.378. The van der Waals surface area contributed by atoms with Crippen molar-refractivity contribution in [3.63, 3.8) is 0 Å². The third kappa shape index (κ3) is 3.83. The fourth-order valence-corrected chi connectivity index (χ4v) is 2.18. The number of carbonyl (C=O) groups excluding carboxylic acids is 1. The Morgan fingerprint density at radius 2 is 1.73 bits per heavy atom. The Bertz CT molecular complexity index is 689. The van der Waals surface area contributed by atoms with Crippen LogP contribution in [0.25, 0.3) is 0 Å². The molecule has 2 rings (SSSR count). The highest BCUT2D eigenvalue weighted by Crippen LogP contribution is 2.29. The molecule has 22 heavy (non-hydrogen) atoms. The fraction of sp³-hybridized carbons (Fsp3) is 0.188. The number of hydrogen-bond acceptors (Lipinski definition) is 3. The highest BCUT2D eigenvalue weighted by molar-refractivity contribution is 6.30. The predicted molar refractivity (Wildman–Crippen MR) is 88.4 cm³/mol. The SMILES string of the molecule is COc1ccc(OC)c(NC(=O)Nc2ccc(Cl)cc2C)c1. The number of methoxy groups -OCH3 is 2. The van der Waals surface area contributed by atoms with Crippen molar-refractivity contribution in [2.24, 2.45) is 0 Å². The maximum atomic E-state index is 12.1. The van der Waals surface area contributed by atoms with E-state index in [2.05, 4.69) is 10.6 Å². The zero-order chi connectivity index (χ0) is 16.1. The molecule has 2 aromatic rings. The Balaban J connectivity index is 2.14. The number of amides is 2. The Labute approximate surface area is 134 Å². The van der Waals surface area contributed by atoms with E-state index in [1.54, 1.807) is 43.5 Å². The average Bonchev–Trinajstić information content (AvgIpc) is 2.50. The van der Waals surface area contributed by atoms with Gasteiger partial charge in [-0.05, 0) is 42.8 Å². The molecule has 0 fully saturated rings. The van der Waals surface area contributed by atoms with Gasteiger partial charge in [-0.25, -0.2) is 4.79 Å². The largest absolute Gasteiger partial charge is 0.497 e. The lowest BCUT2D eigenvalue weighted by Crippen LogP contribution is -2.20. The summed E-state index contributed by atoms with van der Waals surface area (Å²) < 4.78 is 10.4. The van der Waals surface area contributed by atoms with E-state index in [1.807, 2.05) is 6.92 Å². The van der Waals surface area contributed by atoms with Gasteiger partial charge in [-0.3, -0.25) is 0 Å². The lowest BCUT2D eigenvalue weighted by atomic mass is 10.2. The molecule has 0 saturated heterocycles. The first-order chi connectivity index (χ1) is 10.5. The molecule has 0 spiro atoms. The zero-order valence-electron chi connectivity index (χ0n) is 12.6. The smallest absolute Gasteiger partial charge is 0.323 e. The number of aryl methyl sites for hydroxylation is 1. The minimum absolute atomic E-state index is 0.378. The van der Waals surface area contributed by atoms with Gasteiger partial charge >= 0.3 is 6.03 Å². The molecule has 0 atom stereocenters. The molecule has 5 nitrogen and oxygen atoms in total. The van der Waals surface area contributed by atoms with Crippen LogP contribution in [0.15, 0.2) is 36.4 Å². The molecule has 0 radical (unpaired) electrons. The van der Waals surface area contributed by atoms with Crippen molar-refractivity contribution in [3.8, 4) is 11.5 Å². The third-order valence-corrected chi connectivity index (χ3v) is 3.33. The van der Waals surface area contributed by atoms with Crippen molar-refractivity contribution in [1.82, 2.24) is 0 Å². The number of rotatable bonds is 4. The Morgan fingerprint density at radius 1 is 1.00 bits per heavy atom. The molecular formula is C16H17ClN2O3. The molecule has 0 unspecified atom stereocenters. The van der Waals surface area contributed by atoms with Gasteiger partial charge in [0.2, 0.25) is 0 Å². The number of anilines is 2. The first kappa shape index (κ1) is 16.0. The number of benzene rings is 2. The van der Waals surface area contributed by atoms with E-state index in [1.165, 1.54) is 7.11 Å². The van der Waals surface area contributed by atoms with Crippen LogP contribution >= 0.6 is 11.6 Å². The average molecular weight is 321 g/mol. The second-order valence-corrected chi connectivity index (χ2v) is 5.04. The van der Waals surface area contributed by atoms with Crippen LogP contribution < -0.4 is 20.1 Å². The second kappa shape index (κ2) is 7.04. The van der Waals surface area contributed by atoms with Crippen molar-refractivity contribution >= 4 is 29.0 Å². The molecule has 0 aromatic heterocycles. The minimum Gasteiger partial charge on any atom is -0.497 e. The quantitative estimate of drug-likeness (QED) is 0.882. The van der Waals surface area contributed by atoms with Crippen molar-refractivity contribution in [1.29, 1.82) is 0 Å². The monoisotopic (exact) mass is 320 g/mol.